The molecule has 0 radical (unpaired) electrons. The van der Waals surface area contributed by atoms with Crippen molar-refractivity contribution in [3.05, 3.63) is 24.3 Å². The fourth-order valence-electron chi connectivity index (χ4n) is 1.79. The highest BCUT2D eigenvalue weighted by Crippen LogP contribution is 2.18. The fraction of sp³-hybridized carbons (Fsp3) is 0.538. The van der Waals surface area contributed by atoms with Crippen LogP contribution in [0.4, 0.5) is 0 Å². The molecule has 0 spiro atoms. The second-order valence-electron chi connectivity index (χ2n) is 3.98. The van der Waals surface area contributed by atoms with E-state index in [1.54, 1.807) is 11.8 Å². The molecule has 1 fully saturated rings. The lowest BCUT2D eigenvalue weighted by Crippen LogP contribution is -2.38. The Kier molecular flexibility index (Phi) is 5.16. The van der Waals surface area contributed by atoms with Crippen molar-refractivity contribution >= 4 is 11.8 Å². The summed E-state index contributed by atoms with van der Waals surface area (Å²) >= 11 is 1.75. The Morgan fingerprint density at radius 2 is 1.94 bits per heavy atom. The van der Waals surface area contributed by atoms with E-state index < -0.39 is 0 Å². The maximum absolute atomic E-state index is 5.72. The molecule has 0 aromatic heterocycles. The molecule has 0 aliphatic carbocycles. The van der Waals surface area contributed by atoms with Gasteiger partial charge in [0, 0.05) is 24.5 Å². The van der Waals surface area contributed by atoms with Gasteiger partial charge in [-0.2, -0.15) is 0 Å². The van der Waals surface area contributed by atoms with Crippen LogP contribution in [0.5, 0.6) is 5.75 Å². The molecular formula is C13H19NO2S. The normalized spacial score (nSPS) is 17.0. The summed E-state index contributed by atoms with van der Waals surface area (Å²) in [6.45, 7) is 5.47. The molecule has 0 N–H and O–H groups in total. The Labute approximate surface area is 107 Å². The molecule has 0 bridgehead atoms. The molecule has 4 heteroatoms. The van der Waals surface area contributed by atoms with Crippen molar-refractivity contribution in [2.24, 2.45) is 0 Å². The number of thioether (sulfide) groups is 1. The highest BCUT2D eigenvalue weighted by atomic mass is 32.2. The smallest absolute Gasteiger partial charge is 0.119 e. The van der Waals surface area contributed by atoms with Crippen LogP contribution in [0.1, 0.15) is 0 Å². The molecule has 1 saturated heterocycles. The molecule has 0 saturated carbocycles. The van der Waals surface area contributed by atoms with E-state index in [0.29, 0.717) is 0 Å². The van der Waals surface area contributed by atoms with Crippen LogP contribution in [0.25, 0.3) is 0 Å². The maximum atomic E-state index is 5.72. The van der Waals surface area contributed by atoms with Crippen molar-refractivity contribution in [3.63, 3.8) is 0 Å². The summed E-state index contributed by atoms with van der Waals surface area (Å²) in [6, 6.07) is 8.25. The number of nitrogens with zero attached hydrogens (tertiary/aromatic N) is 1. The molecule has 0 amide bonds. The lowest BCUT2D eigenvalue weighted by Gasteiger charge is -2.26. The number of morpholine rings is 1. The molecule has 1 aromatic rings. The quantitative estimate of drug-likeness (QED) is 0.749. The van der Waals surface area contributed by atoms with E-state index >= 15 is 0 Å². The van der Waals surface area contributed by atoms with Gasteiger partial charge in [-0.15, -0.1) is 11.8 Å². The maximum Gasteiger partial charge on any atom is 0.119 e. The number of ether oxygens (including phenoxy) is 2. The van der Waals surface area contributed by atoms with E-state index in [0.717, 1.165) is 45.2 Å². The fourth-order valence-corrected chi connectivity index (χ4v) is 2.20. The molecule has 0 unspecified atom stereocenters. The Hall–Kier alpha value is -0.710. The number of hydrogen-bond acceptors (Lipinski definition) is 4. The first-order valence-electron chi connectivity index (χ1n) is 5.95. The van der Waals surface area contributed by atoms with E-state index in [4.69, 9.17) is 9.47 Å². The first kappa shape index (κ1) is 12.7. The molecule has 3 nitrogen and oxygen atoms in total. The molecule has 1 aromatic carbocycles. The zero-order valence-corrected chi connectivity index (χ0v) is 11.0. The second kappa shape index (κ2) is 6.89. The highest BCUT2D eigenvalue weighted by Gasteiger charge is 2.09. The van der Waals surface area contributed by atoms with E-state index in [2.05, 4.69) is 23.3 Å². The third-order valence-corrected chi connectivity index (χ3v) is 3.58. The minimum Gasteiger partial charge on any atom is -0.492 e. The minimum atomic E-state index is 0.749. The van der Waals surface area contributed by atoms with Gasteiger partial charge in [0.15, 0.2) is 0 Å². The lowest BCUT2D eigenvalue weighted by molar-refractivity contribution is 0.0322. The van der Waals surface area contributed by atoms with Crippen molar-refractivity contribution < 1.29 is 9.47 Å². The number of hydrogen-bond donors (Lipinski definition) is 0. The Balaban J connectivity index is 1.69. The molecular weight excluding hydrogens is 234 g/mol. The minimum absolute atomic E-state index is 0.749. The summed E-state index contributed by atoms with van der Waals surface area (Å²) in [5.74, 6) is 0.955. The van der Waals surface area contributed by atoms with Crippen LogP contribution in [-0.4, -0.2) is 50.6 Å². The third kappa shape index (κ3) is 4.22. The van der Waals surface area contributed by atoms with Gasteiger partial charge in [-0.05, 0) is 30.5 Å². The van der Waals surface area contributed by atoms with Gasteiger partial charge < -0.3 is 9.47 Å². The van der Waals surface area contributed by atoms with Gasteiger partial charge in [0.2, 0.25) is 0 Å². The van der Waals surface area contributed by atoms with E-state index in [-0.39, 0.29) is 0 Å². The van der Waals surface area contributed by atoms with Gasteiger partial charge in [-0.1, -0.05) is 0 Å². The first-order chi connectivity index (χ1) is 8.38. The van der Waals surface area contributed by atoms with Crippen molar-refractivity contribution in [3.8, 4) is 5.75 Å². The monoisotopic (exact) mass is 253 g/mol. The summed E-state index contributed by atoms with van der Waals surface area (Å²) in [4.78, 5) is 3.64. The summed E-state index contributed by atoms with van der Waals surface area (Å²) in [6.07, 6.45) is 2.08. The lowest BCUT2D eigenvalue weighted by atomic mass is 10.3. The molecule has 1 heterocycles. The van der Waals surface area contributed by atoms with Crippen LogP contribution in [0, 0.1) is 0 Å². The van der Waals surface area contributed by atoms with Crippen LogP contribution < -0.4 is 4.74 Å². The Morgan fingerprint density at radius 1 is 1.24 bits per heavy atom. The molecule has 0 atom stereocenters. The van der Waals surface area contributed by atoms with Gasteiger partial charge in [0.05, 0.1) is 13.2 Å². The zero-order valence-electron chi connectivity index (χ0n) is 10.2. The van der Waals surface area contributed by atoms with Crippen LogP contribution in [0.3, 0.4) is 0 Å². The number of benzene rings is 1. The van der Waals surface area contributed by atoms with E-state index in [1.807, 2.05) is 12.1 Å². The predicted octanol–water partition coefficient (Wildman–Crippen LogP) is 2.12. The SMILES string of the molecule is CSc1ccc(OCCN2CCOCC2)cc1. The molecule has 1 aliphatic rings. The number of rotatable bonds is 5. The van der Waals surface area contributed by atoms with Crippen LogP contribution in [0.2, 0.25) is 0 Å². The molecule has 2 rings (SSSR count). The first-order valence-corrected chi connectivity index (χ1v) is 7.18. The largest absolute Gasteiger partial charge is 0.492 e. The Morgan fingerprint density at radius 3 is 2.59 bits per heavy atom. The standard InChI is InChI=1S/C13H19NO2S/c1-17-13-4-2-12(3-5-13)16-11-8-14-6-9-15-10-7-14/h2-5H,6-11H2,1H3. The third-order valence-electron chi connectivity index (χ3n) is 2.84. The van der Waals surface area contributed by atoms with Crippen molar-refractivity contribution in [1.82, 2.24) is 4.90 Å². The average Bonchev–Trinajstić information content (AvgIpc) is 2.41. The highest BCUT2D eigenvalue weighted by molar-refractivity contribution is 7.98. The average molecular weight is 253 g/mol. The Bertz CT molecular complexity index is 323. The van der Waals surface area contributed by atoms with Crippen molar-refractivity contribution in [2.45, 2.75) is 4.90 Å². The van der Waals surface area contributed by atoms with Gasteiger partial charge in [-0.25, -0.2) is 0 Å². The summed E-state index contributed by atoms with van der Waals surface area (Å²) in [7, 11) is 0. The van der Waals surface area contributed by atoms with Crippen LogP contribution in [-0.2, 0) is 4.74 Å². The van der Waals surface area contributed by atoms with Crippen molar-refractivity contribution in [2.75, 3.05) is 45.7 Å². The molecule has 94 valence electrons. The van der Waals surface area contributed by atoms with E-state index in [9.17, 15) is 0 Å². The molecule has 1 aliphatic heterocycles. The zero-order chi connectivity index (χ0) is 11.9. The van der Waals surface area contributed by atoms with Gasteiger partial charge >= 0.3 is 0 Å². The second-order valence-corrected chi connectivity index (χ2v) is 4.86. The van der Waals surface area contributed by atoms with E-state index in [1.165, 1.54) is 4.90 Å². The topological polar surface area (TPSA) is 21.7 Å². The summed E-state index contributed by atoms with van der Waals surface area (Å²) in [5.41, 5.74) is 0. The predicted molar refractivity (Wildman–Crippen MR) is 71.0 cm³/mol. The van der Waals surface area contributed by atoms with Gasteiger partial charge in [0.25, 0.3) is 0 Å². The molecule has 17 heavy (non-hydrogen) atoms. The van der Waals surface area contributed by atoms with Gasteiger partial charge in [0.1, 0.15) is 12.4 Å². The van der Waals surface area contributed by atoms with Crippen LogP contribution in [0.15, 0.2) is 29.2 Å². The van der Waals surface area contributed by atoms with Gasteiger partial charge in [-0.3, -0.25) is 4.90 Å². The van der Waals surface area contributed by atoms with Crippen molar-refractivity contribution in [1.29, 1.82) is 0 Å². The summed E-state index contributed by atoms with van der Waals surface area (Å²) in [5, 5.41) is 0. The van der Waals surface area contributed by atoms with Crippen LogP contribution >= 0.6 is 11.8 Å². The summed E-state index contributed by atoms with van der Waals surface area (Å²) < 4.78 is 11.0.